The quantitative estimate of drug-likeness (QED) is 0.767. The van der Waals surface area contributed by atoms with E-state index in [0.717, 1.165) is 0 Å². The highest BCUT2D eigenvalue weighted by Crippen LogP contribution is 2.32. The Balaban J connectivity index is 3.32. The van der Waals surface area contributed by atoms with E-state index in [1.165, 1.54) is 26.4 Å². The summed E-state index contributed by atoms with van der Waals surface area (Å²) in [7, 11) is 2.59. The summed E-state index contributed by atoms with van der Waals surface area (Å²) in [6, 6.07) is 2.67. The predicted molar refractivity (Wildman–Crippen MR) is 51.0 cm³/mol. The fourth-order valence-corrected chi connectivity index (χ4v) is 1.24. The molecular weight excluding hydrogens is 208 g/mol. The summed E-state index contributed by atoms with van der Waals surface area (Å²) in [4.78, 5) is 11.2. The molecule has 14 heavy (non-hydrogen) atoms. The number of ether oxygens (including phenoxy) is 2. The first-order chi connectivity index (χ1) is 6.60. The molecule has 0 aliphatic rings. The molecule has 0 unspecified atom stereocenters. The van der Waals surface area contributed by atoms with Crippen LogP contribution in [0.25, 0.3) is 0 Å². The van der Waals surface area contributed by atoms with Gasteiger partial charge in [-0.15, -0.1) is 0 Å². The molecule has 0 radical (unpaired) electrons. The topological polar surface area (TPSA) is 55.8 Å². The second-order valence-corrected chi connectivity index (χ2v) is 2.93. The van der Waals surface area contributed by atoms with Gasteiger partial charge in [0, 0.05) is 5.02 Å². The first kappa shape index (κ1) is 10.7. The van der Waals surface area contributed by atoms with Gasteiger partial charge in [0.2, 0.25) is 0 Å². The number of esters is 1. The van der Waals surface area contributed by atoms with Gasteiger partial charge in [0.05, 0.1) is 14.2 Å². The molecule has 0 heterocycles. The molecule has 76 valence electrons. The SMILES string of the molecule is COC(=O)c1c(O)cc(Cl)cc1OC. The molecule has 0 bridgehead atoms. The highest BCUT2D eigenvalue weighted by atomic mass is 35.5. The molecule has 0 saturated heterocycles. The molecule has 0 aromatic heterocycles. The third kappa shape index (κ3) is 1.90. The zero-order chi connectivity index (χ0) is 10.7. The molecule has 1 rings (SSSR count). The Morgan fingerprint density at radius 2 is 2.07 bits per heavy atom. The lowest BCUT2D eigenvalue weighted by molar-refractivity contribution is 0.0593. The van der Waals surface area contributed by atoms with Crippen molar-refractivity contribution in [2.24, 2.45) is 0 Å². The summed E-state index contributed by atoms with van der Waals surface area (Å²) >= 11 is 5.66. The molecule has 1 aromatic rings. The Hall–Kier alpha value is -1.42. The minimum atomic E-state index is -0.670. The average molecular weight is 217 g/mol. The van der Waals surface area contributed by atoms with Crippen molar-refractivity contribution in [1.29, 1.82) is 0 Å². The zero-order valence-corrected chi connectivity index (χ0v) is 8.46. The van der Waals surface area contributed by atoms with Crippen molar-refractivity contribution in [1.82, 2.24) is 0 Å². The number of benzene rings is 1. The Morgan fingerprint density at radius 3 is 2.57 bits per heavy atom. The smallest absolute Gasteiger partial charge is 0.345 e. The maximum atomic E-state index is 11.2. The molecule has 0 amide bonds. The van der Waals surface area contributed by atoms with E-state index in [2.05, 4.69) is 4.74 Å². The Morgan fingerprint density at radius 1 is 1.43 bits per heavy atom. The predicted octanol–water partition coefficient (Wildman–Crippen LogP) is 1.84. The van der Waals surface area contributed by atoms with Crippen LogP contribution in [0.3, 0.4) is 0 Å². The monoisotopic (exact) mass is 216 g/mol. The average Bonchev–Trinajstić information content (AvgIpc) is 2.15. The summed E-state index contributed by atoms with van der Waals surface area (Å²) in [5, 5.41) is 9.72. The molecule has 0 saturated carbocycles. The molecule has 0 atom stereocenters. The first-order valence-electron chi connectivity index (χ1n) is 3.75. The molecule has 1 N–H and O–H groups in total. The van der Waals surface area contributed by atoms with Gasteiger partial charge in [-0.2, -0.15) is 0 Å². The van der Waals surface area contributed by atoms with Crippen LogP contribution in [0.4, 0.5) is 0 Å². The zero-order valence-electron chi connectivity index (χ0n) is 7.70. The first-order valence-corrected chi connectivity index (χ1v) is 4.12. The van der Waals surface area contributed by atoms with Crippen LogP contribution >= 0.6 is 11.6 Å². The highest BCUT2D eigenvalue weighted by molar-refractivity contribution is 6.31. The third-order valence-corrected chi connectivity index (χ3v) is 1.87. The van der Waals surface area contributed by atoms with Crippen molar-refractivity contribution in [2.45, 2.75) is 0 Å². The van der Waals surface area contributed by atoms with Gasteiger partial charge in [0.25, 0.3) is 0 Å². The van der Waals surface area contributed by atoms with Crippen molar-refractivity contribution in [3.05, 3.63) is 22.7 Å². The van der Waals surface area contributed by atoms with Gasteiger partial charge >= 0.3 is 5.97 Å². The molecule has 5 heteroatoms. The van der Waals surface area contributed by atoms with E-state index >= 15 is 0 Å². The standard InChI is InChI=1S/C9H9ClO4/c1-13-7-4-5(10)3-6(11)8(7)9(12)14-2/h3-4,11H,1-2H3. The summed E-state index contributed by atoms with van der Waals surface area (Å²) < 4.78 is 9.36. The van der Waals surface area contributed by atoms with Crippen LogP contribution in [0.15, 0.2) is 12.1 Å². The summed E-state index contributed by atoms with van der Waals surface area (Å²) in [5.74, 6) is -0.751. The lowest BCUT2D eigenvalue weighted by Crippen LogP contribution is -2.04. The van der Waals surface area contributed by atoms with E-state index in [-0.39, 0.29) is 22.1 Å². The lowest BCUT2D eigenvalue weighted by Gasteiger charge is -2.08. The van der Waals surface area contributed by atoms with E-state index in [1.807, 2.05) is 0 Å². The summed E-state index contributed by atoms with van der Waals surface area (Å²) in [6.07, 6.45) is 0. The number of methoxy groups -OCH3 is 2. The van der Waals surface area contributed by atoms with E-state index in [1.54, 1.807) is 0 Å². The van der Waals surface area contributed by atoms with Gasteiger partial charge in [-0.25, -0.2) is 4.79 Å². The van der Waals surface area contributed by atoms with Gasteiger partial charge in [-0.3, -0.25) is 0 Å². The number of phenols is 1. The van der Waals surface area contributed by atoms with Crippen molar-refractivity contribution in [3.63, 3.8) is 0 Å². The molecule has 0 fully saturated rings. The van der Waals surface area contributed by atoms with E-state index in [4.69, 9.17) is 16.3 Å². The third-order valence-electron chi connectivity index (χ3n) is 1.66. The van der Waals surface area contributed by atoms with E-state index in [9.17, 15) is 9.90 Å². The molecule has 1 aromatic carbocycles. The fourth-order valence-electron chi connectivity index (χ4n) is 1.04. The van der Waals surface area contributed by atoms with Gasteiger partial charge in [0.1, 0.15) is 17.1 Å². The number of carbonyl (C=O) groups is 1. The molecular formula is C9H9ClO4. The lowest BCUT2D eigenvalue weighted by atomic mass is 10.2. The number of carbonyl (C=O) groups excluding carboxylic acids is 1. The van der Waals surface area contributed by atoms with Crippen molar-refractivity contribution in [3.8, 4) is 11.5 Å². The van der Waals surface area contributed by atoms with Crippen LogP contribution in [0.2, 0.25) is 5.02 Å². The maximum Gasteiger partial charge on any atom is 0.345 e. The van der Waals surface area contributed by atoms with Gasteiger partial charge in [0.15, 0.2) is 0 Å². The largest absolute Gasteiger partial charge is 0.507 e. The molecule has 0 aliphatic carbocycles. The number of hydrogen-bond acceptors (Lipinski definition) is 4. The number of aromatic hydroxyl groups is 1. The molecule has 0 spiro atoms. The van der Waals surface area contributed by atoms with Crippen molar-refractivity contribution < 1.29 is 19.4 Å². The Kier molecular flexibility index (Phi) is 3.19. The van der Waals surface area contributed by atoms with Crippen LogP contribution < -0.4 is 4.74 Å². The minimum Gasteiger partial charge on any atom is -0.507 e. The van der Waals surface area contributed by atoms with Crippen LogP contribution in [0.1, 0.15) is 10.4 Å². The summed E-state index contributed by atoms with van der Waals surface area (Å²) in [5.41, 5.74) is -0.0283. The van der Waals surface area contributed by atoms with Crippen LogP contribution in [0, 0.1) is 0 Å². The minimum absolute atomic E-state index is 0.0283. The number of phenolic OH excluding ortho intramolecular Hbond substituents is 1. The van der Waals surface area contributed by atoms with Crippen LogP contribution in [-0.2, 0) is 4.74 Å². The van der Waals surface area contributed by atoms with Crippen LogP contribution in [-0.4, -0.2) is 25.3 Å². The summed E-state index contributed by atoms with van der Waals surface area (Å²) in [6.45, 7) is 0. The fraction of sp³-hybridized carbons (Fsp3) is 0.222. The second-order valence-electron chi connectivity index (χ2n) is 2.49. The van der Waals surface area contributed by atoms with Gasteiger partial charge < -0.3 is 14.6 Å². The van der Waals surface area contributed by atoms with Crippen molar-refractivity contribution >= 4 is 17.6 Å². The van der Waals surface area contributed by atoms with E-state index in [0.29, 0.717) is 0 Å². The molecule has 4 nitrogen and oxygen atoms in total. The number of hydrogen-bond donors (Lipinski definition) is 1. The van der Waals surface area contributed by atoms with Crippen LogP contribution in [0.5, 0.6) is 11.5 Å². The normalized spacial score (nSPS) is 9.64. The number of halogens is 1. The Bertz CT molecular complexity index is 362. The van der Waals surface area contributed by atoms with E-state index < -0.39 is 5.97 Å². The highest BCUT2D eigenvalue weighted by Gasteiger charge is 2.18. The number of rotatable bonds is 2. The molecule has 0 aliphatic heterocycles. The van der Waals surface area contributed by atoms with Gasteiger partial charge in [-0.05, 0) is 12.1 Å². The van der Waals surface area contributed by atoms with Gasteiger partial charge in [-0.1, -0.05) is 11.6 Å². The Labute approximate surface area is 86.0 Å². The van der Waals surface area contributed by atoms with Crippen molar-refractivity contribution in [2.75, 3.05) is 14.2 Å². The maximum absolute atomic E-state index is 11.2. The second kappa shape index (κ2) is 4.19.